The molecule has 0 amide bonds. The lowest BCUT2D eigenvalue weighted by Crippen LogP contribution is -2.36. The first-order chi connectivity index (χ1) is 13.2. The Bertz CT molecular complexity index is 937. The maximum absolute atomic E-state index is 11.8. The van der Waals surface area contributed by atoms with Gasteiger partial charge in [-0.1, -0.05) is 60.7 Å². The molecule has 3 aromatic rings. The van der Waals surface area contributed by atoms with Gasteiger partial charge in [0.15, 0.2) is 5.96 Å². The molecule has 2 aromatic carbocycles. The fraction of sp³-hybridized carbons (Fsp3) is 0.182. The molecular formula is C22H25IN4O. The predicted octanol–water partition coefficient (Wildman–Crippen LogP) is 3.38. The van der Waals surface area contributed by atoms with E-state index >= 15 is 0 Å². The Morgan fingerprint density at radius 3 is 2.00 bits per heavy atom. The van der Waals surface area contributed by atoms with E-state index < -0.39 is 0 Å². The van der Waals surface area contributed by atoms with E-state index in [1.54, 1.807) is 29.9 Å². The van der Waals surface area contributed by atoms with Gasteiger partial charge in [0, 0.05) is 32.4 Å². The fourth-order valence-electron chi connectivity index (χ4n) is 2.74. The van der Waals surface area contributed by atoms with E-state index in [-0.39, 0.29) is 29.5 Å². The molecule has 3 rings (SSSR count). The van der Waals surface area contributed by atoms with E-state index in [2.05, 4.69) is 52.0 Å². The number of nitrogens with zero attached hydrogens (tertiary/aromatic N) is 2. The van der Waals surface area contributed by atoms with Crippen molar-refractivity contribution >= 4 is 29.9 Å². The van der Waals surface area contributed by atoms with Gasteiger partial charge < -0.3 is 15.2 Å². The van der Waals surface area contributed by atoms with Crippen molar-refractivity contribution < 1.29 is 0 Å². The molecule has 1 aromatic heterocycles. The van der Waals surface area contributed by atoms with Gasteiger partial charge in [-0.15, -0.1) is 24.0 Å². The predicted molar refractivity (Wildman–Crippen MR) is 125 cm³/mol. The Morgan fingerprint density at radius 2 is 1.39 bits per heavy atom. The van der Waals surface area contributed by atoms with Crippen LogP contribution in [0.25, 0.3) is 0 Å². The molecule has 0 atom stereocenters. The molecule has 2 N–H and O–H groups in total. The molecule has 0 bridgehead atoms. The Hall–Kier alpha value is -2.61. The number of aromatic nitrogens is 1. The molecule has 28 heavy (non-hydrogen) atoms. The van der Waals surface area contributed by atoms with E-state index in [0.717, 1.165) is 23.6 Å². The van der Waals surface area contributed by atoms with Gasteiger partial charge in [0.05, 0.1) is 6.54 Å². The third kappa shape index (κ3) is 6.53. The smallest absolute Gasteiger partial charge is 0.250 e. The van der Waals surface area contributed by atoms with E-state index in [4.69, 9.17) is 0 Å². The lowest BCUT2D eigenvalue weighted by molar-refractivity contribution is 0.758. The number of guanidine groups is 1. The molecule has 0 unspecified atom stereocenters. The van der Waals surface area contributed by atoms with E-state index in [0.29, 0.717) is 13.1 Å². The Kier molecular flexibility index (Phi) is 8.74. The summed E-state index contributed by atoms with van der Waals surface area (Å²) in [5.41, 5.74) is 3.47. The van der Waals surface area contributed by atoms with Crippen LogP contribution in [-0.4, -0.2) is 17.6 Å². The van der Waals surface area contributed by atoms with Crippen molar-refractivity contribution in [3.05, 3.63) is 106 Å². The minimum absolute atomic E-state index is 0. The van der Waals surface area contributed by atoms with Gasteiger partial charge in [0.2, 0.25) is 0 Å². The zero-order valence-corrected chi connectivity index (χ0v) is 18.2. The summed E-state index contributed by atoms with van der Waals surface area (Å²) in [6.45, 7) is 1.99. The molecule has 0 aliphatic heterocycles. The second kappa shape index (κ2) is 11.3. The van der Waals surface area contributed by atoms with Crippen molar-refractivity contribution in [2.24, 2.45) is 4.99 Å². The quantitative estimate of drug-likeness (QED) is 0.318. The summed E-state index contributed by atoms with van der Waals surface area (Å²) in [6.07, 6.45) is 1.81. The van der Waals surface area contributed by atoms with Gasteiger partial charge in [0.25, 0.3) is 5.56 Å². The first-order valence-corrected chi connectivity index (χ1v) is 8.96. The third-order valence-electron chi connectivity index (χ3n) is 4.26. The van der Waals surface area contributed by atoms with Gasteiger partial charge >= 0.3 is 0 Å². The first kappa shape index (κ1) is 21.7. The molecule has 0 spiro atoms. The third-order valence-corrected chi connectivity index (χ3v) is 4.26. The van der Waals surface area contributed by atoms with Gasteiger partial charge in [-0.3, -0.25) is 9.79 Å². The van der Waals surface area contributed by atoms with Crippen molar-refractivity contribution in [2.75, 3.05) is 7.05 Å². The zero-order chi connectivity index (χ0) is 18.9. The number of hydrogen-bond donors (Lipinski definition) is 2. The minimum atomic E-state index is 0. The summed E-state index contributed by atoms with van der Waals surface area (Å²) < 4.78 is 1.70. The fourth-order valence-corrected chi connectivity index (χ4v) is 2.74. The SMILES string of the molecule is CN=C(NCc1ccccc1)NCc1ccc(Cn2ccccc2=O)cc1.I. The second-order valence-electron chi connectivity index (χ2n) is 6.25. The van der Waals surface area contributed by atoms with Gasteiger partial charge in [-0.05, 0) is 22.8 Å². The van der Waals surface area contributed by atoms with Gasteiger partial charge in [-0.2, -0.15) is 0 Å². The lowest BCUT2D eigenvalue weighted by atomic mass is 10.1. The molecule has 0 fully saturated rings. The van der Waals surface area contributed by atoms with Crippen LogP contribution in [0.15, 0.2) is 88.8 Å². The summed E-state index contributed by atoms with van der Waals surface area (Å²) in [4.78, 5) is 16.1. The molecule has 0 aliphatic carbocycles. The normalized spacial score (nSPS) is 10.8. The maximum atomic E-state index is 11.8. The molecule has 0 aliphatic rings. The minimum Gasteiger partial charge on any atom is -0.352 e. The van der Waals surface area contributed by atoms with E-state index in [1.165, 1.54) is 5.56 Å². The average molecular weight is 488 g/mol. The van der Waals surface area contributed by atoms with E-state index in [9.17, 15) is 4.79 Å². The summed E-state index contributed by atoms with van der Waals surface area (Å²) in [7, 11) is 1.76. The van der Waals surface area contributed by atoms with Crippen molar-refractivity contribution in [3.63, 3.8) is 0 Å². The van der Waals surface area contributed by atoms with Crippen LogP contribution in [0, 0.1) is 0 Å². The zero-order valence-electron chi connectivity index (χ0n) is 15.8. The second-order valence-corrected chi connectivity index (χ2v) is 6.25. The van der Waals surface area contributed by atoms with Gasteiger partial charge in [0.1, 0.15) is 0 Å². The van der Waals surface area contributed by atoms with Crippen LogP contribution >= 0.6 is 24.0 Å². The molecular weight excluding hydrogens is 463 g/mol. The molecule has 0 saturated carbocycles. The highest BCUT2D eigenvalue weighted by Gasteiger charge is 2.01. The van der Waals surface area contributed by atoms with Crippen LogP contribution in [-0.2, 0) is 19.6 Å². The van der Waals surface area contributed by atoms with Crippen molar-refractivity contribution in [3.8, 4) is 0 Å². The molecule has 5 nitrogen and oxygen atoms in total. The molecule has 146 valence electrons. The number of rotatable bonds is 6. The lowest BCUT2D eigenvalue weighted by Gasteiger charge is -2.12. The maximum Gasteiger partial charge on any atom is 0.250 e. The van der Waals surface area contributed by atoms with Crippen LogP contribution < -0.4 is 16.2 Å². The van der Waals surface area contributed by atoms with Gasteiger partial charge in [-0.25, -0.2) is 0 Å². The number of benzene rings is 2. The Balaban J connectivity index is 0.00000280. The highest BCUT2D eigenvalue weighted by molar-refractivity contribution is 14.0. The number of aliphatic imine (C=N–C) groups is 1. The monoisotopic (exact) mass is 488 g/mol. The van der Waals surface area contributed by atoms with Crippen LogP contribution in [0.2, 0.25) is 0 Å². The van der Waals surface area contributed by atoms with Crippen LogP contribution in [0.5, 0.6) is 0 Å². The summed E-state index contributed by atoms with van der Waals surface area (Å²) >= 11 is 0. The van der Waals surface area contributed by atoms with Crippen molar-refractivity contribution in [2.45, 2.75) is 19.6 Å². The molecule has 0 saturated heterocycles. The Labute approximate surface area is 182 Å². The standard InChI is InChI=1S/C22H24N4O.HI/c1-23-22(24-15-18-7-3-2-4-8-18)25-16-19-10-12-20(13-11-19)17-26-14-6-5-9-21(26)27;/h2-14H,15-17H2,1H3,(H2,23,24,25);1H. The highest BCUT2D eigenvalue weighted by atomic mass is 127. The van der Waals surface area contributed by atoms with Crippen LogP contribution in [0.1, 0.15) is 16.7 Å². The number of halogens is 1. The number of hydrogen-bond acceptors (Lipinski definition) is 2. The van der Waals surface area contributed by atoms with Crippen molar-refractivity contribution in [1.82, 2.24) is 15.2 Å². The highest BCUT2D eigenvalue weighted by Crippen LogP contribution is 2.06. The largest absolute Gasteiger partial charge is 0.352 e. The number of pyridine rings is 1. The van der Waals surface area contributed by atoms with Crippen LogP contribution in [0.4, 0.5) is 0 Å². The van der Waals surface area contributed by atoms with Crippen LogP contribution in [0.3, 0.4) is 0 Å². The van der Waals surface area contributed by atoms with E-state index in [1.807, 2.05) is 24.3 Å². The topological polar surface area (TPSA) is 58.4 Å². The molecule has 0 radical (unpaired) electrons. The number of nitrogens with one attached hydrogen (secondary N) is 2. The molecule has 6 heteroatoms. The summed E-state index contributed by atoms with van der Waals surface area (Å²) in [5, 5.41) is 6.62. The molecule has 1 heterocycles. The Morgan fingerprint density at radius 1 is 0.821 bits per heavy atom. The van der Waals surface area contributed by atoms with Crippen molar-refractivity contribution in [1.29, 1.82) is 0 Å². The summed E-state index contributed by atoms with van der Waals surface area (Å²) in [6, 6.07) is 23.7. The average Bonchev–Trinajstić information content (AvgIpc) is 2.72. The summed E-state index contributed by atoms with van der Waals surface area (Å²) in [5.74, 6) is 0.763. The first-order valence-electron chi connectivity index (χ1n) is 8.96.